The first kappa shape index (κ1) is 16.3. The number of fused-ring (bicyclic) bond motifs is 1. The lowest BCUT2D eigenvalue weighted by molar-refractivity contribution is 0.0923. The summed E-state index contributed by atoms with van der Waals surface area (Å²) in [6.45, 7) is 1.37. The maximum atomic E-state index is 13.3. The maximum absolute atomic E-state index is 13.3. The molecule has 2 aromatic carbocycles. The van der Waals surface area contributed by atoms with Gasteiger partial charge in [0, 0.05) is 24.6 Å². The van der Waals surface area contributed by atoms with Crippen molar-refractivity contribution in [2.45, 2.75) is 19.6 Å². The largest absolute Gasteiger partial charge is 0.487 e. The monoisotopic (exact) mass is 351 g/mol. The van der Waals surface area contributed by atoms with Crippen molar-refractivity contribution in [3.05, 3.63) is 82.9 Å². The Labute approximate surface area is 150 Å². The minimum absolute atomic E-state index is 0.119. The van der Waals surface area contributed by atoms with Crippen molar-refractivity contribution in [2.24, 2.45) is 0 Å². The molecule has 0 unspecified atom stereocenters. The summed E-state index contributed by atoms with van der Waals surface area (Å²) in [5.41, 5.74) is 3.22. The molecule has 1 aromatic heterocycles. The van der Waals surface area contributed by atoms with Gasteiger partial charge in [0.2, 0.25) is 0 Å². The Balaban J connectivity index is 1.65. The summed E-state index contributed by atoms with van der Waals surface area (Å²) in [6, 6.07) is 15.9. The second kappa shape index (κ2) is 7.00. The Bertz CT molecular complexity index is 937. The highest BCUT2D eigenvalue weighted by atomic mass is 19.1. The summed E-state index contributed by atoms with van der Waals surface area (Å²) >= 11 is 0. The minimum Gasteiger partial charge on any atom is -0.487 e. The highest BCUT2D eigenvalue weighted by Crippen LogP contribution is 2.23. The Hall–Kier alpha value is -3.15. The van der Waals surface area contributed by atoms with Gasteiger partial charge in [-0.15, -0.1) is 0 Å². The average Bonchev–Trinajstić information content (AvgIpc) is 3.00. The van der Waals surface area contributed by atoms with Crippen molar-refractivity contribution in [2.75, 3.05) is 6.54 Å². The molecule has 0 saturated carbocycles. The minimum atomic E-state index is -0.351. The van der Waals surface area contributed by atoms with Gasteiger partial charge >= 0.3 is 0 Å². The summed E-state index contributed by atoms with van der Waals surface area (Å²) in [5, 5.41) is 7.44. The van der Waals surface area contributed by atoms with Crippen LogP contribution in [0.4, 0.5) is 4.39 Å². The maximum Gasteiger partial charge on any atom is 0.269 e. The summed E-state index contributed by atoms with van der Waals surface area (Å²) in [5.74, 6) is -0.0340. The topological polar surface area (TPSA) is 56.2 Å². The average molecular weight is 351 g/mol. The van der Waals surface area contributed by atoms with Gasteiger partial charge in [-0.05, 0) is 17.7 Å². The Kier molecular flexibility index (Phi) is 4.39. The summed E-state index contributed by atoms with van der Waals surface area (Å²) < 4.78 is 20.8. The molecule has 1 amide bonds. The highest BCUT2D eigenvalue weighted by Gasteiger charge is 2.26. The van der Waals surface area contributed by atoms with Crippen molar-refractivity contribution in [1.82, 2.24) is 15.1 Å². The zero-order chi connectivity index (χ0) is 17.9. The van der Waals surface area contributed by atoms with Crippen molar-refractivity contribution in [3.8, 4) is 5.75 Å². The van der Waals surface area contributed by atoms with E-state index >= 15 is 0 Å². The number of amides is 1. The van der Waals surface area contributed by atoms with Gasteiger partial charge in [-0.1, -0.05) is 36.4 Å². The zero-order valence-electron chi connectivity index (χ0n) is 14.1. The molecule has 0 spiro atoms. The molecule has 0 aliphatic carbocycles. The first-order valence-electron chi connectivity index (χ1n) is 8.50. The van der Waals surface area contributed by atoms with E-state index in [9.17, 15) is 9.18 Å². The molecule has 1 N–H and O–H groups in total. The van der Waals surface area contributed by atoms with Crippen LogP contribution in [0, 0.1) is 5.82 Å². The van der Waals surface area contributed by atoms with E-state index in [-0.39, 0.29) is 18.3 Å². The molecule has 5 nitrogen and oxygen atoms in total. The summed E-state index contributed by atoms with van der Waals surface area (Å²) in [7, 11) is 0. The van der Waals surface area contributed by atoms with Gasteiger partial charge in [0.05, 0.1) is 6.54 Å². The van der Waals surface area contributed by atoms with Gasteiger partial charge in [0.15, 0.2) is 0 Å². The van der Waals surface area contributed by atoms with E-state index in [0.29, 0.717) is 36.6 Å². The van der Waals surface area contributed by atoms with Crippen molar-refractivity contribution >= 4 is 5.91 Å². The first-order valence-corrected chi connectivity index (χ1v) is 8.50. The number of carbonyl (C=O) groups is 1. The lowest BCUT2D eigenvalue weighted by atomic mass is 10.0. The third kappa shape index (κ3) is 3.31. The van der Waals surface area contributed by atoms with Crippen LogP contribution in [0.15, 0.2) is 54.6 Å². The third-order valence-corrected chi connectivity index (χ3v) is 4.35. The molecule has 1 aliphatic heterocycles. The number of hydrogen-bond donors (Lipinski definition) is 1. The molecule has 3 aromatic rings. The second-order valence-electron chi connectivity index (χ2n) is 6.16. The van der Waals surface area contributed by atoms with Crippen molar-refractivity contribution < 1.29 is 13.9 Å². The molecule has 0 atom stereocenters. The third-order valence-electron chi connectivity index (χ3n) is 4.35. The highest BCUT2D eigenvalue weighted by molar-refractivity contribution is 5.95. The Morgan fingerprint density at radius 3 is 2.81 bits per heavy atom. The second-order valence-corrected chi connectivity index (χ2v) is 6.16. The van der Waals surface area contributed by atoms with Crippen molar-refractivity contribution in [3.63, 3.8) is 0 Å². The molecular weight excluding hydrogens is 333 g/mol. The molecular formula is C20H18FN3O2. The van der Waals surface area contributed by atoms with Gasteiger partial charge in [-0.2, -0.15) is 5.10 Å². The Morgan fingerprint density at radius 2 is 2.00 bits per heavy atom. The van der Waals surface area contributed by atoms with Gasteiger partial charge < -0.3 is 10.1 Å². The lowest BCUT2D eigenvalue weighted by Crippen LogP contribution is -2.36. The molecule has 26 heavy (non-hydrogen) atoms. The van der Waals surface area contributed by atoms with E-state index in [1.165, 1.54) is 12.1 Å². The van der Waals surface area contributed by atoms with Crippen LogP contribution in [-0.2, 0) is 19.6 Å². The molecule has 6 heteroatoms. The van der Waals surface area contributed by atoms with E-state index in [4.69, 9.17) is 4.74 Å². The number of benzene rings is 2. The fourth-order valence-electron chi connectivity index (χ4n) is 3.13. The fourth-order valence-corrected chi connectivity index (χ4v) is 3.13. The van der Waals surface area contributed by atoms with Gasteiger partial charge in [-0.25, -0.2) is 4.39 Å². The molecule has 4 rings (SSSR count). The number of hydrogen-bond acceptors (Lipinski definition) is 3. The van der Waals surface area contributed by atoms with Crippen molar-refractivity contribution in [1.29, 1.82) is 0 Å². The van der Waals surface area contributed by atoms with Crippen LogP contribution in [0.5, 0.6) is 5.75 Å². The molecule has 2 heterocycles. The number of nitrogens with zero attached hydrogens (tertiary/aromatic N) is 2. The van der Waals surface area contributed by atoms with E-state index < -0.39 is 0 Å². The molecule has 0 radical (unpaired) electrons. The fraction of sp³-hybridized carbons (Fsp3) is 0.200. The van der Waals surface area contributed by atoms with Crippen LogP contribution in [0.25, 0.3) is 0 Å². The van der Waals surface area contributed by atoms with E-state index in [2.05, 4.69) is 10.4 Å². The zero-order valence-corrected chi connectivity index (χ0v) is 14.1. The SMILES string of the molecule is O=C1NCCn2nc(COc3cccc(F)c3)c(Cc3ccccc3)c21. The van der Waals surface area contributed by atoms with Crippen LogP contribution in [0.3, 0.4) is 0 Å². The molecule has 132 valence electrons. The van der Waals surface area contributed by atoms with Gasteiger partial charge in [0.1, 0.15) is 29.6 Å². The number of rotatable bonds is 5. The van der Waals surface area contributed by atoms with Crippen LogP contribution < -0.4 is 10.1 Å². The molecule has 0 saturated heterocycles. The number of aromatic nitrogens is 2. The van der Waals surface area contributed by atoms with Gasteiger partial charge in [0.25, 0.3) is 5.91 Å². The van der Waals surface area contributed by atoms with E-state index in [1.54, 1.807) is 16.8 Å². The standard InChI is InChI=1S/C20H18FN3O2/c21-15-7-4-8-16(12-15)26-13-18-17(11-14-5-2-1-3-6-14)19-20(25)22-9-10-24(19)23-18/h1-8,12H,9-11,13H2,(H,22,25). The predicted molar refractivity (Wildman–Crippen MR) is 94.5 cm³/mol. The quantitative estimate of drug-likeness (QED) is 0.769. The predicted octanol–water partition coefficient (Wildman–Crippen LogP) is 2.94. The summed E-state index contributed by atoms with van der Waals surface area (Å²) in [6.07, 6.45) is 0.589. The molecule has 0 fully saturated rings. The number of nitrogens with one attached hydrogen (secondary N) is 1. The van der Waals surface area contributed by atoms with E-state index in [1.807, 2.05) is 30.3 Å². The van der Waals surface area contributed by atoms with Crippen LogP contribution in [0.2, 0.25) is 0 Å². The molecule has 0 bridgehead atoms. The normalized spacial score (nSPS) is 13.2. The lowest BCUT2D eigenvalue weighted by Gasteiger charge is -2.15. The van der Waals surface area contributed by atoms with Gasteiger partial charge in [-0.3, -0.25) is 9.48 Å². The van der Waals surface area contributed by atoms with Crippen LogP contribution >= 0.6 is 0 Å². The molecule has 1 aliphatic rings. The van der Waals surface area contributed by atoms with Crippen LogP contribution in [-0.4, -0.2) is 22.2 Å². The van der Waals surface area contributed by atoms with E-state index in [0.717, 1.165) is 11.1 Å². The Morgan fingerprint density at radius 1 is 1.15 bits per heavy atom. The number of halogens is 1. The number of carbonyl (C=O) groups excluding carboxylic acids is 1. The van der Waals surface area contributed by atoms with Crippen LogP contribution in [0.1, 0.15) is 27.3 Å². The smallest absolute Gasteiger partial charge is 0.269 e. The first-order chi connectivity index (χ1) is 12.7. The summed E-state index contributed by atoms with van der Waals surface area (Å²) in [4.78, 5) is 12.4. The number of ether oxygens (including phenoxy) is 1.